The summed E-state index contributed by atoms with van der Waals surface area (Å²) in [5.74, 6) is 0.0212. The average Bonchev–Trinajstić information content (AvgIpc) is 2.97. The minimum absolute atomic E-state index is 0.367. The second-order valence-electron chi connectivity index (χ2n) is 4.17. The van der Waals surface area contributed by atoms with E-state index >= 15 is 0 Å². The summed E-state index contributed by atoms with van der Waals surface area (Å²) in [7, 11) is 1.64. The van der Waals surface area contributed by atoms with E-state index in [0.29, 0.717) is 37.6 Å². The summed E-state index contributed by atoms with van der Waals surface area (Å²) < 4.78 is 15.3. The highest BCUT2D eigenvalue weighted by atomic mass is 16.5. The first-order valence-electron chi connectivity index (χ1n) is 5.90. The van der Waals surface area contributed by atoms with Crippen molar-refractivity contribution in [1.29, 1.82) is 0 Å². The van der Waals surface area contributed by atoms with Crippen molar-refractivity contribution in [3.8, 4) is 0 Å². The third-order valence-electron chi connectivity index (χ3n) is 2.80. The molecular weight excluding hydrogens is 240 g/mol. The van der Waals surface area contributed by atoms with Crippen LogP contribution in [-0.2, 0) is 20.7 Å². The van der Waals surface area contributed by atoms with Crippen LogP contribution in [0.15, 0.2) is 4.52 Å². The standard InChI is InChI=1S/C11H16N2O5/c1-16-6-2-3-9-12-10(18-13-9)7-4-5-8(17-7)11(14)15/h7-8H,2-6H2,1H3,(H,14,15). The molecule has 0 amide bonds. The monoisotopic (exact) mass is 256 g/mol. The SMILES string of the molecule is COCCCc1noc(C2CCC(C(=O)O)O2)n1. The molecule has 7 nitrogen and oxygen atoms in total. The maximum atomic E-state index is 10.8. The summed E-state index contributed by atoms with van der Waals surface area (Å²) in [4.78, 5) is 15.0. The van der Waals surface area contributed by atoms with Gasteiger partial charge in [0.2, 0.25) is 0 Å². The second-order valence-corrected chi connectivity index (χ2v) is 4.17. The van der Waals surface area contributed by atoms with Crippen molar-refractivity contribution in [3.63, 3.8) is 0 Å². The maximum absolute atomic E-state index is 10.8. The molecule has 0 bridgehead atoms. The zero-order chi connectivity index (χ0) is 13.0. The molecule has 2 heterocycles. The van der Waals surface area contributed by atoms with E-state index < -0.39 is 18.2 Å². The maximum Gasteiger partial charge on any atom is 0.332 e. The molecule has 1 aromatic rings. The van der Waals surface area contributed by atoms with Crippen molar-refractivity contribution in [1.82, 2.24) is 10.1 Å². The quantitative estimate of drug-likeness (QED) is 0.757. The van der Waals surface area contributed by atoms with Crippen molar-refractivity contribution in [2.45, 2.75) is 37.9 Å². The van der Waals surface area contributed by atoms with Crippen molar-refractivity contribution in [3.05, 3.63) is 11.7 Å². The Morgan fingerprint density at radius 2 is 2.39 bits per heavy atom. The molecule has 2 rings (SSSR count). The van der Waals surface area contributed by atoms with Gasteiger partial charge in [-0.05, 0) is 19.3 Å². The number of aryl methyl sites for hydroxylation is 1. The number of methoxy groups -OCH3 is 1. The number of carbonyl (C=O) groups is 1. The summed E-state index contributed by atoms with van der Waals surface area (Å²) in [6, 6.07) is 0. The molecule has 18 heavy (non-hydrogen) atoms. The van der Waals surface area contributed by atoms with Crippen LogP contribution in [0.3, 0.4) is 0 Å². The summed E-state index contributed by atoms with van der Waals surface area (Å²) in [6.07, 6.45) is 1.40. The molecule has 1 aromatic heterocycles. The molecule has 0 aromatic carbocycles. The van der Waals surface area contributed by atoms with Crippen molar-refractivity contribution < 1.29 is 23.9 Å². The molecule has 2 atom stereocenters. The normalized spacial score (nSPS) is 23.4. The van der Waals surface area contributed by atoms with E-state index in [2.05, 4.69) is 10.1 Å². The Hall–Kier alpha value is -1.47. The Bertz CT molecular complexity index is 406. The van der Waals surface area contributed by atoms with Gasteiger partial charge in [0.15, 0.2) is 11.9 Å². The van der Waals surface area contributed by atoms with Gasteiger partial charge in [-0.1, -0.05) is 5.16 Å². The Morgan fingerprint density at radius 1 is 1.56 bits per heavy atom. The number of carboxylic acid groups (broad SMARTS) is 1. The number of rotatable bonds is 6. The van der Waals surface area contributed by atoms with Crippen LogP contribution in [0.25, 0.3) is 0 Å². The highest BCUT2D eigenvalue weighted by molar-refractivity contribution is 5.72. The number of hydrogen-bond donors (Lipinski definition) is 1. The second kappa shape index (κ2) is 5.92. The predicted octanol–water partition coefficient (Wildman–Crippen LogP) is 0.953. The van der Waals surface area contributed by atoms with E-state index in [9.17, 15) is 4.79 Å². The van der Waals surface area contributed by atoms with Crippen LogP contribution < -0.4 is 0 Å². The molecule has 1 aliphatic rings. The molecule has 0 spiro atoms. The zero-order valence-electron chi connectivity index (χ0n) is 10.2. The van der Waals surface area contributed by atoms with Crippen LogP contribution in [0.1, 0.15) is 37.1 Å². The van der Waals surface area contributed by atoms with Crippen LogP contribution >= 0.6 is 0 Å². The van der Waals surface area contributed by atoms with E-state index in [0.717, 1.165) is 6.42 Å². The van der Waals surface area contributed by atoms with Gasteiger partial charge >= 0.3 is 5.97 Å². The molecule has 0 radical (unpaired) electrons. The van der Waals surface area contributed by atoms with Gasteiger partial charge in [0.25, 0.3) is 5.89 Å². The average molecular weight is 256 g/mol. The number of ether oxygens (including phenoxy) is 2. The summed E-state index contributed by atoms with van der Waals surface area (Å²) >= 11 is 0. The Morgan fingerprint density at radius 3 is 3.06 bits per heavy atom. The topological polar surface area (TPSA) is 94.7 Å². The fourth-order valence-electron chi connectivity index (χ4n) is 1.87. The molecule has 100 valence electrons. The lowest BCUT2D eigenvalue weighted by Crippen LogP contribution is -2.18. The van der Waals surface area contributed by atoms with Gasteiger partial charge in [0, 0.05) is 20.1 Å². The number of hydrogen-bond acceptors (Lipinski definition) is 6. The molecule has 2 unspecified atom stereocenters. The number of carboxylic acids is 1. The van der Waals surface area contributed by atoms with Gasteiger partial charge < -0.3 is 19.1 Å². The van der Waals surface area contributed by atoms with Gasteiger partial charge in [-0.25, -0.2) is 4.79 Å². The molecule has 1 N–H and O–H groups in total. The van der Waals surface area contributed by atoms with E-state index in [1.165, 1.54) is 0 Å². The van der Waals surface area contributed by atoms with Crippen molar-refractivity contribution in [2.75, 3.05) is 13.7 Å². The van der Waals surface area contributed by atoms with Crippen LogP contribution in [-0.4, -0.2) is 41.0 Å². The fraction of sp³-hybridized carbons (Fsp3) is 0.727. The summed E-state index contributed by atoms with van der Waals surface area (Å²) in [5.41, 5.74) is 0. The Labute approximate surface area is 104 Å². The lowest BCUT2D eigenvalue weighted by Gasteiger charge is -2.05. The van der Waals surface area contributed by atoms with Crippen LogP contribution in [0, 0.1) is 0 Å². The Balaban J connectivity index is 1.88. The molecule has 1 fully saturated rings. The number of nitrogens with zero attached hydrogens (tertiary/aromatic N) is 2. The molecule has 7 heteroatoms. The Kier molecular flexibility index (Phi) is 4.27. The molecule has 1 aliphatic heterocycles. The van der Waals surface area contributed by atoms with Crippen LogP contribution in [0.4, 0.5) is 0 Å². The van der Waals surface area contributed by atoms with E-state index in [1.807, 2.05) is 0 Å². The highest BCUT2D eigenvalue weighted by Crippen LogP contribution is 2.31. The third-order valence-corrected chi connectivity index (χ3v) is 2.80. The first-order chi connectivity index (χ1) is 8.70. The van der Waals surface area contributed by atoms with Gasteiger partial charge in [0.1, 0.15) is 6.10 Å². The lowest BCUT2D eigenvalue weighted by atomic mass is 10.2. The number of aliphatic carboxylic acids is 1. The van der Waals surface area contributed by atoms with E-state index in [-0.39, 0.29) is 0 Å². The summed E-state index contributed by atoms with van der Waals surface area (Å²) in [6.45, 7) is 0.644. The largest absolute Gasteiger partial charge is 0.479 e. The zero-order valence-corrected chi connectivity index (χ0v) is 10.2. The van der Waals surface area contributed by atoms with Gasteiger partial charge in [-0.2, -0.15) is 4.98 Å². The third kappa shape index (κ3) is 3.05. The molecular formula is C11H16N2O5. The first-order valence-corrected chi connectivity index (χ1v) is 5.90. The number of aromatic nitrogens is 2. The van der Waals surface area contributed by atoms with Crippen molar-refractivity contribution >= 4 is 5.97 Å². The minimum atomic E-state index is -0.947. The van der Waals surface area contributed by atoms with E-state index in [4.69, 9.17) is 19.1 Å². The molecule has 0 aliphatic carbocycles. The predicted molar refractivity (Wildman–Crippen MR) is 59.0 cm³/mol. The minimum Gasteiger partial charge on any atom is -0.479 e. The van der Waals surface area contributed by atoms with Gasteiger partial charge in [-0.15, -0.1) is 0 Å². The molecule has 0 saturated carbocycles. The van der Waals surface area contributed by atoms with Gasteiger partial charge in [-0.3, -0.25) is 0 Å². The highest BCUT2D eigenvalue weighted by Gasteiger charge is 2.34. The van der Waals surface area contributed by atoms with Crippen molar-refractivity contribution in [2.24, 2.45) is 0 Å². The first kappa shape index (κ1) is 13.0. The van der Waals surface area contributed by atoms with Crippen LogP contribution in [0.5, 0.6) is 0 Å². The summed E-state index contributed by atoms with van der Waals surface area (Å²) in [5, 5.41) is 12.7. The van der Waals surface area contributed by atoms with Crippen LogP contribution in [0.2, 0.25) is 0 Å². The lowest BCUT2D eigenvalue weighted by molar-refractivity contribution is -0.150. The van der Waals surface area contributed by atoms with E-state index in [1.54, 1.807) is 7.11 Å². The fourth-order valence-corrected chi connectivity index (χ4v) is 1.87. The molecule has 1 saturated heterocycles. The smallest absolute Gasteiger partial charge is 0.332 e. The van der Waals surface area contributed by atoms with Gasteiger partial charge in [0.05, 0.1) is 0 Å².